The van der Waals surface area contributed by atoms with Gasteiger partial charge in [-0.05, 0) is 31.1 Å². The molecule has 17 heavy (non-hydrogen) atoms. The number of aldehydes is 1. The van der Waals surface area contributed by atoms with Crippen molar-refractivity contribution in [2.24, 2.45) is 5.41 Å². The number of nitrogens with zero attached hydrogens (tertiary/aromatic N) is 1. The maximum atomic E-state index is 10.7. The van der Waals surface area contributed by atoms with E-state index in [0.717, 1.165) is 37.0 Å². The largest absolute Gasteiger partial charge is 0.371 e. The molecule has 0 spiro atoms. The second kappa shape index (κ2) is 4.50. The lowest BCUT2D eigenvalue weighted by molar-refractivity contribution is -0.0667. The average Bonchev–Trinajstić information content (AvgIpc) is 2.79. The lowest BCUT2D eigenvalue weighted by atomic mass is 9.71. The predicted octanol–water partition coefficient (Wildman–Crippen LogP) is 3.40. The van der Waals surface area contributed by atoms with E-state index in [1.165, 1.54) is 11.3 Å². The molecule has 0 saturated heterocycles. The van der Waals surface area contributed by atoms with Crippen LogP contribution < -0.4 is 0 Å². The number of ether oxygens (including phenoxy) is 1. The molecular weight excluding hydrogens is 234 g/mol. The first-order valence-corrected chi connectivity index (χ1v) is 6.80. The molecular formula is C13H19NO2S. The molecule has 0 aromatic carbocycles. The third-order valence-corrected chi connectivity index (χ3v) is 4.94. The molecule has 0 unspecified atom stereocenters. The maximum Gasteiger partial charge on any atom is 0.161 e. The van der Waals surface area contributed by atoms with Gasteiger partial charge in [0.2, 0.25) is 0 Å². The molecule has 1 aromatic heterocycles. The zero-order valence-corrected chi connectivity index (χ0v) is 11.5. The van der Waals surface area contributed by atoms with Crippen molar-refractivity contribution in [2.45, 2.75) is 45.1 Å². The molecule has 1 aliphatic rings. The van der Waals surface area contributed by atoms with Gasteiger partial charge in [0.05, 0.1) is 4.88 Å². The van der Waals surface area contributed by atoms with Crippen LogP contribution in [0.3, 0.4) is 0 Å². The smallest absolute Gasteiger partial charge is 0.161 e. The van der Waals surface area contributed by atoms with Gasteiger partial charge in [-0.1, -0.05) is 13.8 Å². The molecule has 94 valence electrons. The summed E-state index contributed by atoms with van der Waals surface area (Å²) in [5, 5.41) is 0.956. The Morgan fingerprint density at radius 2 is 2.00 bits per heavy atom. The van der Waals surface area contributed by atoms with Crippen LogP contribution in [0.5, 0.6) is 0 Å². The van der Waals surface area contributed by atoms with E-state index in [0.29, 0.717) is 10.3 Å². The fourth-order valence-corrected chi connectivity index (χ4v) is 3.34. The van der Waals surface area contributed by atoms with Gasteiger partial charge in [-0.25, -0.2) is 4.98 Å². The van der Waals surface area contributed by atoms with E-state index in [4.69, 9.17) is 4.74 Å². The molecule has 1 aromatic rings. The van der Waals surface area contributed by atoms with Crippen LogP contribution in [-0.4, -0.2) is 18.4 Å². The predicted molar refractivity (Wildman–Crippen MR) is 68.4 cm³/mol. The van der Waals surface area contributed by atoms with Gasteiger partial charge < -0.3 is 4.74 Å². The van der Waals surface area contributed by atoms with Crippen LogP contribution in [0.15, 0.2) is 6.20 Å². The zero-order chi connectivity index (χ0) is 12.5. The highest BCUT2D eigenvalue weighted by atomic mass is 32.1. The minimum atomic E-state index is -0.262. The van der Waals surface area contributed by atoms with E-state index in [1.54, 1.807) is 13.3 Å². The van der Waals surface area contributed by atoms with Gasteiger partial charge in [-0.3, -0.25) is 4.79 Å². The summed E-state index contributed by atoms with van der Waals surface area (Å²) in [5.74, 6) is 0. The molecule has 0 amide bonds. The van der Waals surface area contributed by atoms with Crippen LogP contribution in [0.25, 0.3) is 0 Å². The number of aromatic nitrogens is 1. The van der Waals surface area contributed by atoms with Crippen molar-refractivity contribution in [1.29, 1.82) is 0 Å². The van der Waals surface area contributed by atoms with Gasteiger partial charge in [0.15, 0.2) is 6.29 Å². The summed E-state index contributed by atoms with van der Waals surface area (Å²) in [6.45, 7) is 4.59. The van der Waals surface area contributed by atoms with Gasteiger partial charge in [-0.15, -0.1) is 11.3 Å². The summed E-state index contributed by atoms with van der Waals surface area (Å²) in [4.78, 5) is 15.8. The van der Waals surface area contributed by atoms with Crippen molar-refractivity contribution in [3.8, 4) is 0 Å². The standard InChI is InChI=1S/C13H19NO2S/c1-12(2)4-6-13(16-3,7-5-12)11-14-8-10(9-15)17-11/h8-9H,4-7H2,1-3H3. The van der Waals surface area contributed by atoms with Crippen molar-refractivity contribution in [3.63, 3.8) is 0 Å². The molecule has 2 rings (SSSR count). The molecule has 1 aliphatic carbocycles. The molecule has 1 fully saturated rings. The van der Waals surface area contributed by atoms with E-state index < -0.39 is 0 Å². The number of hydrogen-bond donors (Lipinski definition) is 0. The SMILES string of the molecule is COC1(c2ncc(C=O)s2)CCC(C)(C)CC1. The van der Waals surface area contributed by atoms with Gasteiger partial charge in [0.25, 0.3) is 0 Å². The van der Waals surface area contributed by atoms with Gasteiger partial charge in [0.1, 0.15) is 10.6 Å². The van der Waals surface area contributed by atoms with E-state index in [2.05, 4.69) is 18.8 Å². The highest BCUT2D eigenvalue weighted by molar-refractivity contribution is 7.13. The van der Waals surface area contributed by atoms with Crippen LogP contribution in [0, 0.1) is 5.41 Å². The Balaban J connectivity index is 2.23. The van der Waals surface area contributed by atoms with Crippen LogP contribution >= 0.6 is 11.3 Å². The van der Waals surface area contributed by atoms with E-state index in [1.807, 2.05) is 0 Å². The first-order chi connectivity index (χ1) is 8.01. The van der Waals surface area contributed by atoms with Gasteiger partial charge in [-0.2, -0.15) is 0 Å². The van der Waals surface area contributed by atoms with Crippen LogP contribution in [0.2, 0.25) is 0 Å². The van der Waals surface area contributed by atoms with Crippen molar-refractivity contribution in [3.05, 3.63) is 16.1 Å². The molecule has 0 bridgehead atoms. The monoisotopic (exact) mass is 253 g/mol. The summed E-state index contributed by atoms with van der Waals surface area (Å²) in [6.07, 6.45) is 6.75. The van der Waals surface area contributed by atoms with Crippen LogP contribution in [0.4, 0.5) is 0 Å². The average molecular weight is 253 g/mol. The summed E-state index contributed by atoms with van der Waals surface area (Å²) in [6, 6.07) is 0. The normalized spacial score (nSPS) is 22.3. The molecule has 1 heterocycles. The lowest BCUT2D eigenvalue weighted by Gasteiger charge is -2.41. The Bertz CT molecular complexity index is 401. The molecule has 4 heteroatoms. The minimum Gasteiger partial charge on any atom is -0.371 e. The topological polar surface area (TPSA) is 39.2 Å². The van der Waals surface area contributed by atoms with Crippen molar-refractivity contribution in [2.75, 3.05) is 7.11 Å². The fourth-order valence-electron chi connectivity index (χ4n) is 2.39. The van der Waals surface area contributed by atoms with Gasteiger partial charge in [0, 0.05) is 13.3 Å². The highest BCUT2D eigenvalue weighted by Crippen LogP contribution is 2.47. The Kier molecular flexibility index (Phi) is 3.36. The Morgan fingerprint density at radius 3 is 2.47 bits per heavy atom. The highest BCUT2D eigenvalue weighted by Gasteiger charge is 2.41. The maximum absolute atomic E-state index is 10.7. The quantitative estimate of drug-likeness (QED) is 0.775. The summed E-state index contributed by atoms with van der Waals surface area (Å²) >= 11 is 1.46. The van der Waals surface area contributed by atoms with Crippen molar-refractivity contribution < 1.29 is 9.53 Å². The third-order valence-electron chi connectivity index (χ3n) is 3.83. The number of rotatable bonds is 3. The number of methoxy groups -OCH3 is 1. The number of thiazole rings is 1. The number of carbonyl (C=O) groups is 1. The first-order valence-electron chi connectivity index (χ1n) is 5.98. The van der Waals surface area contributed by atoms with Gasteiger partial charge >= 0.3 is 0 Å². The first kappa shape index (κ1) is 12.7. The molecule has 0 N–H and O–H groups in total. The van der Waals surface area contributed by atoms with Crippen LogP contribution in [0.1, 0.15) is 54.2 Å². The zero-order valence-electron chi connectivity index (χ0n) is 10.7. The third kappa shape index (κ3) is 2.43. The van der Waals surface area contributed by atoms with E-state index in [-0.39, 0.29) is 5.60 Å². The molecule has 0 atom stereocenters. The minimum absolute atomic E-state index is 0.262. The van der Waals surface area contributed by atoms with Crippen molar-refractivity contribution in [1.82, 2.24) is 4.98 Å². The molecule has 1 saturated carbocycles. The Morgan fingerprint density at radius 1 is 1.35 bits per heavy atom. The van der Waals surface area contributed by atoms with Crippen molar-refractivity contribution >= 4 is 17.6 Å². The Labute approximate surface area is 106 Å². The van der Waals surface area contributed by atoms with E-state index in [9.17, 15) is 4.79 Å². The summed E-state index contributed by atoms with van der Waals surface area (Å²) in [5.41, 5.74) is 0.133. The summed E-state index contributed by atoms with van der Waals surface area (Å²) in [7, 11) is 1.75. The van der Waals surface area contributed by atoms with E-state index >= 15 is 0 Å². The fraction of sp³-hybridized carbons (Fsp3) is 0.692. The second-order valence-corrected chi connectivity index (χ2v) is 6.61. The molecule has 3 nitrogen and oxygen atoms in total. The number of hydrogen-bond acceptors (Lipinski definition) is 4. The lowest BCUT2D eigenvalue weighted by Crippen LogP contribution is -2.36. The second-order valence-electron chi connectivity index (χ2n) is 5.55. The summed E-state index contributed by atoms with van der Waals surface area (Å²) < 4.78 is 5.75. The molecule has 0 aliphatic heterocycles. The van der Waals surface area contributed by atoms with Crippen LogP contribution in [-0.2, 0) is 10.3 Å². The molecule has 0 radical (unpaired) electrons. The Hall–Kier alpha value is -0.740. The number of carbonyl (C=O) groups excluding carboxylic acids is 1.